The van der Waals surface area contributed by atoms with Gasteiger partial charge in [0.1, 0.15) is 5.75 Å². The number of nitrogens with one attached hydrogen (secondary N) is 2. The molecule has 0 saturated heterocycles. The van der Waals surface area contributed by atoms with Crippen molar-refractivity contribution in [3.05, 3.63) is 53.6 Å². The molecule has 0 aromatic heterocycles. The average Bonchev–Trinajstić information content (AvgIpc) is 2.60. The molecule has 0 spiro atoms. The highest BCUT2D eigenvalue weighted by Crippen LogP contribution is 2.22. The van der Waals surface area contributed by atoms with Gasteiger partial charge in [-0.25, -0.2) is 17.9 Å². The number of anilines is 1. The van der Waals surface area contributed by atoms with Crippen LogP contribution in [-0.2, 0) is 16.4 Å². The number of benzene rings is 2. The summed E-state index contributed by atoms with van der Waals surface area (Å²) in [5.41, 5.74) is 0.679. The van der Waals surface area contributed by atoms with Crippen LogP contribution in [-0.4, -0.2) is 38.7 Å². The lowest BCUT2D eigenvalue weighted by Crippen LogP contribution is -2.40. The maximum atomic E-state index is 12.5. The van der Waals surface area contributed by atoms with Crippen LogP contribution < -0.4 is 14.8 Å². The third kappa shape index (κ3) is 5.97. The Morgan fingerprint density at radius 1 is 1.11 bits per heavy atom. The largest absolute Gasteiger partial charge is 0.497 e. The molecule has 0 radical (unpaired) electrons. The number of methoxy groups -OCH3 is 1. The number of sulfonamides is 1. The minimum absolute atomic E-state index is 0.0828. The van der Waals surface area contributed by atoms with Gasteiger partial charge >= 0.3 is 5.97 Å². The first-order valence-electron chi connectivity index (χ1n) is 8.80. The number of rotatable bonds is 8. The van der Waals surface area contributed by atoms with Crippen molar-refractivity contribution in [2.75, 3.05) is 19.0 Å². The standard InChI is InChI=1S/C20H26N2O5S/c1-20(2,3)22-28(25,26)16-9-10-18(17(13-16)19(23)24)21-12-11-14-5-7-15(27-4)8-6-14/h5-10,13,21-22H,11-12H2,1-4H3,(H,23,24). The normalized spacial score (nSPS) is 11.9. The number of carboxylic acid groups (broad SMARTS) is 1. The lowest BCUT2D eigenvalue weighted by atomic mass is 10.1. The molecule has 152 valence electrons. The van der Waals surface area contributed by atoms with Crippen LogP contribution in [0.15, 0.2) is 47.4 Å². The van der Waals surface area contributed by atoms with Crippen molar-refractivity contribution in [1.82, 2.24) is 4.72 Å². The Labute approximate surface area is 165 Å². The van der Waals surface area contributed by atoms with E-state index in [2.05, 4.69) is 10.0 Å². The van der Waals surface area contributed by atoms with E-state index < -0.39 is 21.5 Å². The molecule has 2 aromatic carbocycles. The van der Waals surface area contributed by atoms with Gasteiger partial charge in [-0.05, 0) is 63.1 Å². The number of hydrogen-bond donors (Lipinski definition) is 3. The maximum Gasteiger partial charge on any atom is 0.337 e. The van der Waals surface area contributed by atoms with Crippen LogP contribution >= 0.6 is 0 Å². The molecule has 0 bridgehead atoms. The fourth-order valence-corrected chi connectivity index (χ4v) is 4.06. The molecule has 0 aliphatic heterocycles. The lowest BCUT2D eigenvalue weighted by molar-refractivity contribution is 0.0697. The third-order valence-corrected chi connectivity index (χ3v) is 5.62. The summed E-state index contributed by atoms with van der Waals surface area (Å²) in [5, 5.41) is 12.6. The predicted octanol–water partition coefficient (Wildman–Crippen LogP) is 3.12. The maximum absolute atomic E-state index is 12.5. The van der Waals surface area contributed by atoms with Crippen LogP contribution in [0.25, 0.3) is 0 Å². The Hall–Kier alpha value is -2.58. The SMILES string of the molecule is COc1ccc(CCNc2ccc(S(=O)(=O)NC(C)(C)C)cc2C(=O)O)cc1. The van der Waals surface area contributed by atoms with Crippen LogP contribution in [0.5, 0.6) is 5.75 Å². The topological polar surface area (TPSA) is 105 Å². The molecule has 0 unspecified atom stereocenters. The molecule has 0 fully saturated rings. The quantitative estimate of drug-likeness (QED) is 0.622. The summed E-state index contributed by atoms with van der Waals surface area (Å²) in [6.07, 6.45) is 0.675. The van der Waals surface area contributed by atoms with E-state index in [9.17, 15) is 18.3 Å². The molecule has 3 N–H and O–H groups in total. The Morgan fingerprint density at radius 2 is 1.75 bits per heavy atom. The van der Waals surface area contributed by atoms with Gasteiger partial charge in [-0.3, -0.25) is 0 Å². The predicted molar refractivity (Wildman–Crippen MR) is 109 cm³/mol. The van der Waals surface area contributed by atoms with Crippen molar-refractivity contribution in [2.24, 2.45) is 0 Å². The summed E-state index contributed by atoms with van der Waals surface area (Å²) < 4.78 is 32.5. The molecule has 0 amide bonds. The summed E-state index contributed by atoms with van der Waals surface area (Å²) >= 11 is 0. The van der Waals surface area contributed by atoms with Crippen molar-refractivity contribution in [1.29, 1.82) is 0 Å². The first-order chi connectivity index (χ1) is 13.0. The molecule has 0 aliphatic carbocycles. The molecule has 8 heteroatoms. The fourth-order valence-electron chi connectivity index (χ4n) is 2.62. The van der Waals surface area contributed by atoms with Crippen LogP contribution in [0, 0.1) is 0 Å². The average molecular weight is 407 g/mol. The summed E-state index contributed by atoms with van der Waals surface area (Å²) in [4.78, 5) is 11.5. The third-order valence-electron chi connectivity index (χ3n) is 3.86. The second-order valence-electron chi connectivity index (χ2n) is 7.39. The zero-order chi connectivity index (χ0) is 20.9. The van der Waals surface area contributed by atoms with E-state index in [-0.39, 0.29) is 10.5 Å². The van der Waals surface area contributed by atoms with Gasteiger partial charge in [-0.1, -0.05) is 12.1 Å². The highest BCUT2D eigenvalue weighted by molar-refractivity contribution is 7.89. The fraction of sp³-hybridized carbons (Fsp3) is 0.350. The molecule has 0 atom stereocenters. The summed E-state index contributed by atoms with van der Waals surface area (Å²) in [7, 11) is -2.21. The van der Waals surface area contributed by atoms with E-state index >= 15 is 0 Å². The molecule has 0 heterocycles. The molecule has 28 heavy (non-hydrogen) atoms. The Balaban J connectivity index is 2.15. The monoisotopic (exact) mass is 406 g/mol. The summed E-state index contributed by atoms with van der Waals surface area (Å²) in [5.74, 6) is -0.426. The minimum Gasteiger partial charge on any atom is -0.497 e. The number of carboxylic acids is 1. The van der Waals surface area contributed by atoms with E-state index in [1.165, 1.54) is 18.2 Å². The highest BCUT2D eigenvalue weighted by atomic mass is 32.2. The number of hydrogen-bond acceptors (Lipinski definition) is 5. The smallest absolute Gasteiger partial charge is 0.337 e. The van der Waals surface area contributed by atoms with Crippen LogP contribution in [0.3, 0.4) is 0 Å². The van der Waals surface area contributed by atoms with Gasteiger partial charge in [0.05, 0.1) is 17.6 Å². The van der Waals surface area contributed by atoms with E-state index in [4.69, 9.17) is 4.74 Å². The first-order valence-corrected chi connectivity index (χ1v) is 10.3. The van der Waals surface area contributed by atoms with Crippen molar-refractivity contribution in [3.63, 3.8) is 0 Å². The van der Waals surface area contributed by atoms with Crippen molar-refractivity contribution < 1.29 is 23.1 Å². The molecular weight excluding hydrogens is 380 g/mol. The van der Waals surface area contributed by atoms with Gasteiger partial charge in [-0.15, -0.1) is 0 Å². The molecule has 7 nitrogen and oxygen atoms in total. The lowest BCUT2D eigenvalue weighted by Gasteiger charge is -2.21. The van der Waals surface area contributed by atoms with Gasteiger partial charge < -0.3 is 15.2 Å². The number of carbonyl (C=O) groups is 1. The van der Waals surface area contributed by atoms with E-state index in [0.29, 0.717) is 18.7 Å². The van der Waals surface area contributed by atoms with E-state index in [1.54, 1.807) is 27.9 Å². The van der Waals surface area contributed by atoms with Gasteiger partial charge in [0, 0.05) is 17.8 Å². The Morgan fingerprint density at radius 3 is 2.29 bits per heavy atom. The van der Waals surface area contributed by atoms with Crippen molar-refractivity contribution in [2.45, 2.75) is 37.6 Å². The summed E-state index contributed by atoms with van der Waals surface area (Å²) in [6.45, 7) is 5.66. The van der Waals surface area contributed by atoms with Gasteiger partial charge in [-0.2, -0.15) is 0 Å². The van der Waals surface area contributed by atoms with Crippen molar-refractivity contribution >= 4 is 21.7 Å². The molecule has 2 rings (SSSR count). The van der Waals surface area contributed by atoms with Crippen LogP contribution in [0.4, 0.5) is 5.69 Å². The van der Waals surface area contributed by atoms with Crippen molar-refractivity contribution in [3.8, 4) is 5.75 Å². The van der Waals surface area contributed by atoms with Crippen LogP contribution in [0.2, 0.25) is 0 Å². The summed E-state index contributed by atoms with van der Waals surface area (Å²) in [6, 6.07) is 11.6. The molecule has 2 aromatic rings. The van der Waals surface area contributed by atoms with Gasteiger partial charge in [0.25, 0.3) is 0 Å². The van der Waals surface area contributed by atoms with Crippen LogP contribution in [0.1, 0.15) is 36.7 Å². The second-order valence-corrected chi connectivity index (χ2v) is 9.08. The molecule has 0 saturated carbocycles. The molecular formula is C20H26N2O5S. The Bertz CT molecular complexity index is 932. The number of aromatic carboxylic acids is 1. The highest BCUT2D eigenvalue weighted by Gasteiger charge is 2.24. The second kappa shape index (κ2) is 8.62. The first kappa shape index (κ1) is 21.7. The molecule has 0 aliphatic rings. The van der Waals surface area contributed by atoms with E-state index in [0.717, 1.165) is 11.3 Å². The van der Waals surface area contributed by atoms with Gasteiger partial charge in [0.15, 0.2) is 0 Å². The zero-order valence-electron chi connectivity index (χ0n) is 16.4. The number of ether oxygens (including phenoxy) is 1. The minimum atomic E-state index is -3.81. The Kier molecular flexibility index (Phi) is 6.69. The zero-order valence-corrected chi connectivity index (χ0v) is 17.3. The van der Waals surface area contributed by atoms with Gasteiger partial charge in [0.2, 0.25) is 10.0 Å². The van der Waals surface area contributed by atoms with E-state index in [1.807, 2.05) is 24.3 Å².